The van der Waals surface area contributed by atoms with E-state index in [0.29, 0.717) is 59.1 Å². The summed E-state index contributed by atoms with van der Waals surface area (Å²) in [5, 5.41) is 0.458. The first-order chi connectivity index (χ1) is 18.0. The van der Waals surface area contributed by atoms with Crippen LogP contribution < -0.4 is 19.6 Å². The minimum Gasteiger partial charge on any atom is -0.493 e. The van der Waals surface area contributed by atoms with Crippen molar-refractivity contribution in [2.24, 2.45) is 0 Å². The molecule has 5 rings (SSSR count). The monoisotopic (exact) mass is 508 g/mol. The quantitative estimate of drug-likeness (QED) is 0.457. The number of carbonyl (C=O) groups is 1. The van der Waals surface area contributed by atoms with E-state index in [-0.39, 0.29) is 17.1 Å². The average molecular weight is 509 g/mol. The van der Waals surface area contributed by atoms with Crippen molar-refractivity contribution < 1.29 is 28.2 Å². The lowest BCUT2D eigenvalue weighted by atomic mass is 9.97. The molecular weight excluding hydrogens is 476 g/mol. The van der Waals surface area contributed by atoms with E-state index in [1.54, 1.807) is 43.4 Å². The van der Waals surface area contributed by atoms with Gasteiger partial charge in [0.25, 0.3) is 5.91 Å². The molecule has 1 saturated heterocycles. The van der Waals surface area contributed by atoms with Gasteiger partial charge < -0.3 is 28.3 Å². The summed E-state index contributed by atoms with van der Waals surface area (Å²) in [4.78, 5) is 31.6. The molecule has 196 valence electrons. The third-order valence-electron chi connectivity index (χ3n) is 7.10. The van der Waals surface area contributed by atoms with Gasteiger partial charge in [-0.15, -0.1) is 0 Å². The first kappa shape index (κ1) is 25.1. The molecule has 0 saturated carbocycles. The first-order valence-corrected chi connectivity index (χ1v) is 12.4. The number of morpholine rings is 1. The van der Waals surface area contributed by atoms with Crippen molar-refractivity contribution in [1.29, 1.82) is 0 Å². The van der Waals surface area contributed by atoms with Gasteiger partial charge in [0.05, 0.1) is 51.5 Å². The van der Waals surface area contributed by atoms with Gasteiger partial charge in [0.1, 0.15) is 5.58 Å². The number of amides is 1. The molecule has 0 spiro atoms. The molecule has 0 aliphatic carbocycles. The Morgan fingerprint density at radius 3 is 2.30 bits per heavy atom. The van der Waals surface area contributed by atoms with E-state index in [2.05, 4.69) is 4.90 Å². The molecule has 1 atom stereocenters. The number of methoxy groups -OCH3 is 3. The Hall–Kier alpha value is -3.56. The molecule has 1 aromatic heterocycles. The molecule has 1 fully saturated rings. The maximum Gasteiger partial charge on any atom is 0.290 e. The second kappa shape index (κ2) is 10.4. The summed E-state index contributed by atoms with van der Waals surface area (Å²) in [6, 6.07) is 8.36. The third kappa shape index (κ3) is 4.53. The zero-order valence-corrected chi connectivity index (χ0v) is 21.7. The van der Waals surface area contributed by atoms with Gasteiger partial charge in [-0.25, -0.2) is 0 Å². The summed E-state index contributed by atoms with van der Waals surface area (Å²) in [7, 11) is 4.62. The van der Waals surface area contributed by atoms with Crippen LogP contribution in [0.2, 0.25) is 0 Å². The normalized spacial score (nSPS) is 17.8. The largest absolute Gasteiger partial charge is 0.493 e. The van der Waals surface area contributed by atoms with Gasteiger partial charge >= 0.3 is 0 Å². The van der Waals surface area contributed by atoms with E-state index >= 15 is 0 Å². The first-order valence-electron chi connectivity index (χ1n) is 12.4. The Morgan fingerprint density at radius 1 is 0.946 bits per heavy atom. The fraction of sp³-hybridized carbons (Fsp3) is 0.429. The zero-order valence-electron chi connectivity index (χ0n) is 21.7. The molecular formula is C28H32N2O7. The van der Waals surface area contributed by atoms with Gasteiger partial charge in [0.2, 0.25) is 11.5 Å². The van der Waals surface area contributed by atoms with Gasteiger partial charge in [-0.05, 0) is 43.2 Å². The highest BCUT2D eigenvalue weighted by Gasteiger charge is 2.43. The van der Waals surface area contributed by atoms with E-state index in [4.69, 9.17) is 23.4 Å². The molecule has 0 unspecified atom stereocenters. The highest BCUT2D eigenvalue weighted by Crippen LogP contribution is 2.45. The summed E-state index contributed by atoms with van der Waals surface area (Å²) in [5.41, 5.74) is 2.16. The van der Waals surface area contributed by atoms with Gasteiger partial charge in [-0.2, -0.15) is 0 Å². The van der Waals surface area contributed by atoms with E-state index in [1.807, 2.05) is 13.0 Å². The van der Waals surface area contributed by atoms with E-state index in [0.717, 1.165) is 31.6 Å². The van der Waals surface area contributed by atoms with Crippen LogP contribution in [0.1, 0.15) is 39.7 Å². The highest BCUT2D eigenvalue weighted by molar-refractivity contribution is 5.99. The molecule has 3 heterocycles. The van der Waals surface area contributed by atoms with Gasteiger partial charge in [0.15, 0.2) is 16.9 Å². The molecule has 9 nitrogen and oxygen atoms in total. The number of carbonyl (C=O) groups excluding carboxylic acids is 1. The fourth-order valence-electron chi connectivity index (χ4n) is 5.26. The summed E-state index contributed by atoms with van der Waals surface area (Å²) in [6.45, 7) is 6.38. The zero-order chi connectivity index (χ0) is 26.1. The predicted octanol–water partition coefficient (Wildman–Crippen LogP) is 3.39. The topological polar surface area (TPSA) is 90.7 Å². The van der Waals surface area contributed by atoms with E-state index in [1.165, 1.54) is 7.11 Å². The van der Waals surface area contributed by atoms with Gasteiger partial charge in [-0.1, -0.05) is 11.6 Å². The molecule has 1 amide bonds. The molecule has 3 aromatic rings. The third-order valence-corrected chi connectivity index (χ3v) is 7.10. The standard InChI is InChI=1S/C28H32N2O7/c1-17-6-7-20-19(14-17)25(31)23-24(18-15-21(33-2)26(35-4)22(16-18)34-3)30(28(32)27(23)37-20)9-5-8-29-10-12-36-13-11-29/h6-7,14-16,24H,5,8-13H2,1-4H3/t24-/m0/s1. The van der Waals surface area contributed by atoms with Gasteiger partial charge in [0, 0.05) is 26.2 Å². The Morgan fingerprint density at radius 2 is 1.65 bits per heavy atom. The Balaban J connectivity index is 1.61. The van der Waals surface area contributed by atoms with Crippen molar-refractivity contribution in [3.8, 4) is 17.2 Å². The van der Waals surface area contributed by atoms with Crippen molar-refractivity contribution in [1.82, 2.24) is 9.80 Å². The molecule has 37 heavy (non-hydrogen) atoms. The lowest BCUT2D eigenvalue weighted by Gasteiger charge is -2.29. The van der Waals surface area contributed by atoms with Crippen LogP contribution in [0.5, 0.6) is 17.2 Å². The van der Waals surface area contributed by atoms with E-state index in [9.17, 15) is 9.59 Å². The molecule has 2 aliphatic heterocycles. The van der Waals surface area contributed by atoms with Crippen LogP contribution in [-0.4, -0.2) is 76.4 Å². The number of rotatable bonds is 8. The van der Waals surface area contributed by atoms with Crippen LogP contribution in [0.3, 0.4) is 0 Å². The SMILES string of the molecule is COc1cc([C@H]2c3c(oc4ccc(C)cc4c3=O)C(=O)N2CCCN2CCOCC2)cc(OC)c1OC. The second-order valence-electron chi connectivity index (χ2n) is 9.34. The number of nitrogens with zero attached hydrogens (tertiary/aromatic N) is 2. The van der Waals surface area contributed by atoms with Crippen LogP contribution in [-0.2, 0) is 4.74 Å². The number of hydrogen-bond donors (Lipinski definition) is 0. The number of ether oxygens (including phenoxy) is 4. The smallest absolute Gasteiger partial charge is 0.290 e. The predicted molar refractivity (Wildman–Crippen MR) is 138 cm³/mol. The second-order valence-corrected chi connectivity index (χ2v) is 9.34. The van der Waals surface area contributed by atoms with Crippen molar-refractivity contribution in [2.45, 2.75) is 19.4 Å². The molecule has 0 bridgehead atoms. The summed E-state index contributed by atoms with van der Waals surface area (Å²) < 4.78 is 28.2. The number of benzene rings is 2. The average Bonchev–Trinajstić information content (AvgIpc) is 3.20. The maximum absolute atomic E-state index is 13.9. The number of hydrogen-bond acceptors (Lipinski definition) is 8. The minimum absolute atomic E-state index is 0.0893. The maximum atomic E-state index is 13.9. The van der Waals surface area contributed by atoms with Crippen LogP contribution in [0.25, 0.3) is 11.0 Å². The Labute approximate surface area is 215 Å². The van der Waals surface area contributed by atoms with Crippen molar-refractivity contribution >= 4 is 16.9 Å². The van der Waals surface area contributed by atoms with Crippen LogP contribution in [0, 0.1) is 6.92 Å². The summed E-state index contributed by atoms with van der Waals surface area (Å²) in [6.07, 6.45) is 0.744. The lowest BCUT2D eigenvalue weighted by molar-refractivity contribution is 0.0353. The molecule has 2 aromatic carbocycles. The molecule has 2 aliphatic rings. The molecule has 0 radical (unpaired) electrons. The Bertz CT molecular complexity index is 1350. The Kier molecular flexibility index (Phi) is 7.08. The summed E-state index contributed by atoms with van der Waals surface area (Å²) in [5.74, 6) is 1.14. The fourth-order valence-corrected chi connectivity index (χ4v) is 5.26. The van der Waals surface area contributed by atoms with Crippen molar-refractivity contribution in [3.05, 3.63) is 63.0 Å². The lowest BCUT2D eigenvalue weighted by Crippen LogP contribution is -2.38. The van der Waals surface area contributed by atoms with Crippen LogP contribution >= 0.6 is 0 Å². The number of aryl methyl sites for hydroxylation is 1. The molecule has 9 heteroatoms. The van der Waals surface area contributed by atoms with Crippen LogP contribution in [0.4, 0.5) is 0 Å². The van der Waals surface area contributed by atoms with Crippen molar-refractivity contribution in [2.75, 3.05) is 60.7 Å². The number of fused-ring (bicyclic) bond motifs is 2. The minimum atomic E-state index is -0.651. The molecule has 0 N–H and O–H groups in total. The van der Waals surface area contributed by atoms with Crippen molar-refractivity contribution in [3.63, 3.8) is 0 Å². The van der Waals surface area contributed by atoms with E-state index < -0.39 is 6.04 Å². The highest BCUT2D eigenvalue weighted by atomic mass is 16.5. The van der Waals surface area contributed by atoms with Crippen LogP contribution in [0.15, 0.2) is 39.5 Å². The summed E-state index contributed by atoms with van der Waals surface area (Å²) >= 11 is 0. The van der Waals surface area contributed by atoms with Gasteiger partial charge in [-0.3, -0.25) is 14.5 Å².